The molecule has 0 fully saturated rings. The van der Waals surface area contributed by atoms with Gasteiger partial charge in [-0.1, -0.05) is 48.5 Å². The number of methoxy groups -OCH3 is 2. The maximum absolute atomic E-state index is 13.3. The Bertz CT molecular complexity index is 1310. The second-order valence-electron chi connectivity index (χ2n) is 7.71. The summed E-state index contributed by atoms with van der Waals surface area (Å²) in [7, 11) is 3.07. The predicted octanol–water partition coefficient (Wildman–Crippen LogP) is 6.94. The van der Waals surface area contributed by atoms with Crippen molar-refractivity contribution < 1.29 is 23.8 Å². The van der Waals surface area contributed by atoms with E-state index in [2.05, 4.69) is 0 Å². The molecule has 0 N–H and O–H groups in total. The average molecular weight is 480 g/mol. The second kappa shape index (κ2) is 11.5. The standard InChI is InChI=1S/C30H25NO5/c1-34-26-17-15-23(16-18-26)27(32)19-13-22-14-20-28(29(21-22)35-2)36-30(33)31(24-9-5-3-6-10-24)25-11-7-4-8-12-25/h3-21H,1-2H3/b19-13+. The van der Waals surface area contributed by atoms with Gasteiger partial charge in [-0.25, -0.2) is 9.69 Å². The van der Waals surface area contributed by atoms with Crippen LogP contribution in [0.25, 0.3) is 6.08 Å². The Balaban J connectivity index is 1.53. The van der Waals surface area contributed by atoms with Gasteiger partial charge in [0.1, 0.15) is 5.75 Å². The van der Waals surface area contributed by atoms with E-state index in [0.717, 1.165) is 5.56 Å². The number of nitrogens with zero attached hydrogens (tertiary/aromatic N) is 1. The normalized spacial score (nSPS) is 10.6. The number of amides is 1. The minimum atomic E-state index is -0.580. The van der Waals surface area contributed by atoms with E-state index in [1.807, 2.05) is 60.7 Å². The largest absolute Gasteiger partial charge is 0.497 e. The number of allylic oxidation sites excluding steroid dienone is 1. The highest BCUT2D eigenvalue weighted by molar-refractivity contribution is 6.07. The lowest BCUT2D eigenvalue weighted by atomic mass is 10.1. The summed E-state index contributed by atoms with van der Waals surface area (Å²) in [5.41, 5.74) is 2.61. The molecule has 0 aromatic heterocycles. The summed E-state index contributed by atoms with van der Waals surface area (Å²) < 4.78 is 16.3. The Morgan fingerprint density at radius 2 is 1.31 bits per heavy atom. The molecule has 1 amide bonds. The fraction of sp³-hybridized carbons (Fsp3) is 0.0667. The van der Waals surface area contributed by atoms with Crippen LogP contribution < -0.4 is 19.1 Å². The molecule has 4 rings (SSSR count). The maximum atomic E-state index is 13.3. The van der Waals surface area contributed by atoms with Crippen molar-refractivity contribution in [1.82, 2.24) is 0 Å². The number of ketones is 1. The van der Waals surface area contributed by atoms with Gasteiger partial charge in [-0.2, -0.15) is 0 Å². The first-order valence-corrected chi connectivity index (χ1v) is 11.3. The van der Waals surface area contributed by atoms with Crippen LogP contribution in [0.5, 0.6) is 17.2 Å². The Hall–Kier alpha value is -4.84. The molecule has 0 saturated heterocycles. The summed E-state index contributed by atoms with van der Waals surface area (Å²) in [5, 5.41) is 0. The van der Waals surface area contributed by atoms with Gasteiger partial charge >= 0.3 is 6.09 Å². The van der Waals surface area contributed by atoms with Crippen molar-refractivity contribution in [3.05, 3.63) is 120 Å². The molecule has 180 valence electrons. The lowest BCUT2D eigenvalue weighted by molar-refractivity contribution is 0.104. The van der Waals surface area contributed by atoms with Gasteiger partial charge < -0.3 is 14.2 Å². The van der Waals surface area contributed by atoms with Crippen LogP contribution in [0.3, 0.4) is 0 Å². The van der Waals surface area contributed by atoms with E-state index < -0.39 is 6.09 Å². The predicted molar refractivity (Wildman–Crippen MR) is 140 cm³/mol. The van der Waals surface area contributed by atoms with Crippen LogP contribution in [0.4, 0.5) is 16.2 Å². The van der Waals surface area contributed by atoms with Crippen molar-refractivity contribution >= 4 is 29.3 Å². The van der Waals surface area contributed by atoms with E-state index in [1.165, 1.54) is 18.1 Å². The van der Waals surface area contributed by atoms with Crippen LogP contribution >= 0.6 is 0 Å². The summed E-state index contributed by atoms with van der Waals surface area (Å²) >= 11 is 0. The number of para-hydroxylation sites is 2. The van der Waals surface area contributed by atoms with Gasteiger partial charge in [0.2, 0.25) is 0 Å². The molecule has 36 heavy (non-hydrogen) atoms. The Morgan fingerprint density at radius 1 is 0.694 bits per heavy atom. The van der Waals surface area contributed by atoms with E-state index in [4.69, 9.17) is 14.2 Å². The van der Waals surface area contributed by atoms with Crippen molar-refractivity contribution in [3.63, 3.8) is 0 Å². The lowest BCUT2D eigenvalue weighted by Crippen LogP contribution is -2.29. The zero-order valence-corrected chi connectivity index (χ0v) is 20.0. The number of benzene rings is 4. The minimum absolute atomic E-state index is 0.145. The van der Waals surface area contributed by atoms with Gasteiger partial charge in [0.15, 0.2) is 17.3 Å². The van der Waals surface area contributed by atoms with Crippen molar-refractivity contribution in [3.8, 4) is 17.2 Å². The molecule has 0 aliphatic heterocycles. The third kappa shape index (κ3) is 5.80. The molecule has 0 unspecified atom stereocenters. The third-order valence-electron chi connectivity index (χ3n) is 5.40. The zero-order chi connectivity index (χ0) is 25.3. The smallest absolute Gasteiger partial charge is 0.424 e. The zero-order valence-electron chi connectivity index (χ0n) is 20.0. The summed E-state index contributed by atoms with van der Waals surface area (Å²) in [6, 6.07) is 30.5. The first kappa shape index (κ1) is 24.3. The number of carbonyl (C=O) groups is 2. The number of rotatable bonds is 8. The third-order valence-corrected chi connectivity index (χ3v) is 5.40. The number of hydrogen-bond donors (Lipinski definition) is 0. The quantitative estimate of drug-likeness (QED) is 0.202. The molecule has 0 atom stereocenters. The Morgan fingerprint density at radius 3 is 1.86 bits per heavy atom. The monoisotopic (exact) mass is 479 g/mol. The van der Waals surface area contributed by atoms with Crippen LogP contribution in [0.2, 0.25) is 0 Å². The first-order valence-electron chi connectivity index (χ1n) is 11.3. The molecule has 4 aromatic carbocycles. The number of anilines is 2. The molecule has 0 spiro atoms. The second-order valence-corrected chi connectivity index (χ2v) is 7.71. The van der Waals surface area contributed by atoms with Crippen LogP contribution in [0, 0.1) is 0 Å². The van der Waals surface area contributed by atoms with E-state index in [0.29, 0.717) is 28.4 Å². The molecule has 6 nitrogen and oxygen atoms in total. The molecule has 0 saturated carbocycles. The van der Waals surface area contributed by atoms with E-state index in [-0.39, 0.29) is 11.5 Å². The van der Waals surface area contributed by atoms with Crippen LogP contribution in [-0.2, 0) is 0 Å². The van der Waals surface area contributed by atoms with Crippen LogP contribution in [-0.4, -0.2) is 26.1 Å². The fourth-order valence-corrected chi connectivity index (χ4v) is 3.55. The summed E-state index contributed by atoms with van der Waals surface area (Å²) in [6.07, 6.45) is 2.58. The molecule has 6 heteroatoms. The molecule has 0 aliphatic carbocycles. The summed E-state index contributed by atoms with van der Waals surface area (Å²) in [4.78, 5) is 27.2. The lowest BCUT2D eigenvalue weighted by Gasteiger charge is -2.22. The van der Waals surface area contributed by atoms with Crippen LogP contribution in [0.15, 0.2) is 109 Å². The fourth-order valence-electron chi connectivity index (χ4n) is 3.55. The Kier molecular flexibility index (Phi) is 7.78. The number of hydrogen-bond acceptors (Lipinski definition) is 5. The van der Waals surface area contributed by atoms with E-state index >= 15 is 0 Å². The van der Waals surface area contributed by atoms with Crippen molar-refractivity contribution in [2.24, 2.45) is 0 Å². The van der Waals surface area contributed by atoms with Crippen molar-refractivity contribution in [2.45, 2.75) is 0 Å². The molecule has 4 aromatic rings. The number of ether oxygens (including phenoxy) is 3. The summed E-state index contributed by atoms with van der Waals surface area (Å²) in [6.45, 7) is 0. The molecular formula is C30H25NO5. The molecule has 0 bridgehead atoms. The minimum Gasteiger partial charge on any atom is -0.497 e. The molecular weight excluding hydrogens is 454 g/mol. The topological polar surface area (TPSA) is 65.1 Å². The van der Waals surface area contributed by atoms with Crippen molar-refractivity contribution in [1.29, 1.82) is 0 Å². The van der Waals surface area contributed by atoms with Gasteiger partial charge in [-0.15, -0.1) is 0 Å². The first-order chi connectivity index (χ1) is 17.6. The Labute approximate surface area is 210 Å². The molecule has 0 heterocycles. The van der Waals surface area contributed by atoms with Gasteiger partial charge in [0.05, 0.1) is 25.6 Å². The van der Waals surface area contributed by atoms with Crippen LogP contribution in [0.1, 0.15) is 15.9 Å². The van der Waals surface area contributed by atoms with E-state index in [1.54, 1.807) is 55.7 Å². The SMILES string of the molecule is COc1ccc(C(=O)/C=C/c2ccc(OC(=O)N(c3ccccc3)c3ccccc3)c(OC)c2)cc1. The maximum Gasteiger partial charge on any atom is 0.424 e. The highest BCUT2D eigenvalue weighted by Gasteiger charge is 2.21. The van der Waals surface area contributed by atoms with Gasteiger partial charge in [0.25, 0.3) is 0 Å². The van der Waals surface area contributed by atoms with Gasteiger partial charge in [0, 0.05) is 5.56 Å². The van der Waals surface area contributed by atoms with Crippen molar-refractivity contribution in [2.75, 3.05) is 19.1 Å². The molecule has 0 radical (unpaired) electrons. The average Bonchev–Trinajstić information content (AvgIpc) is 2.93. The number of carbonyl (C=O) groups excluding carboxylic acids is 2. The molecule has 0 aliphatic rings. The summed E-state index contributed by atoms with van der Waals surface area (Å²) in [5.74, 6) is 1.17. The van der Waals surface area contributed by atoms with Gasteiger partial charge in [-0.3, -0.25) is 4.79 Å². The highest BCUT2D eigenvalue weighted by atomic mass is 16.6. The van der Waals surface area contributed by atoms with Gasteiger partial charge in [-0.05, 0) is 72.3 Å². The van der Waals surface area contributed by atoms with E-state index in [9.17, 15) is 9.59 Å². The highest BCUT2D eigenvalue weighted by Crippen LogP contribution is 2.32.